The number of carboxylic acid groups (broad SMARTS) is 1. The molecule has 0 bridgehead atoms. The Morgan fingerprint density at radius 3 is 2.95 bits per heavy atom. The van der Waals surface area contributed by atoms with Gasteiger partial charge in [-0.2, -0.15) is 0 Å². The molecule has 1 aromatic rings. The summed E-state index contributed by atoms with van der Waals surface area (Å²) in [6, 6.07) is 1.77. The van der Waals surface area contributed by atoms with Gasteiger partial charge in [-0.15, -0.1) is 0 Å². The quantitative estimate of drug-likeness (QED) is 0.888. The second kappa shape index (κ2) is 6.07. The molecule has 1 atom stereocenters. The molecule has 110 valence electrons. The molecule has 1 aliphatic rings. The highest BCUT2D eigenvalue weighted by atomic mass is 16.5. The number of carboxylic acids is 1. The largest absolute Gasteiger partial charge is 0.481 e. The van der Waals surface area contributed by atoms with E-state index < -0.39 is 11.4 Å². The van der Waals surface area contributed by atoms with Crippen LogP contribution in [-0.4, -0.2) is 40.7 Å². The number of carbonyl (C=O) groups is 1. The van der Waals surface area contributed by atoms with Crippen LogP contribution in [0.1, 0.15) is 33.1 Å². The Morgan fingerprint density at radius 1 is 1.50 bits per heavy atom. The molecule has 0 amide bonds. The number of piperidine rings is 1. The summed E-state index contributed by atoms with van der Waals surface area (Å²) in [5, 5.41) is 9.51. The molecule has 1 saturated heterocycles. The van der Waals surface area contributed by atoms with Crippen LogP contribution >= 0.6 is 0 Å². The molecule has 2 heterocycles. The standard InChI is InChI=1S/C14H21N3O3/c1-3-14(13(18)19)6-5-7-17(9-14)11-8-12(20-4-2)16-10-15-11/h8,10H,3-7,9H2,1-2H3,(H,18,19). The van der Waals surface area contributed by atoms with E-state index in [9.17, 15) is 9.90 Å². The number of hydrogen-bond acceptors (Lipinski definition) is 5. The fourth-order valence-electron chi connectivity index (χ4n) is 2.67. The first-order chi connectivity index (χ1) is 9.61. The predicted octanol–water partition coefficient (Wildman–Crippen LogP) is 1.96. The zero-order valence-electron chi connectivity index (χ0n) is 12.0. The van der Waals surface area contributed by atoms with E-state index in [0.717, 1.165) is 25.2 Å². The van der Waals surface area contributed by atoms with Crippen LogP contribution in [0.25, 0.3) is 0 Å². The number of anilines is 1. The molecular weight excluding hydrogens is 258 g/mol. The van der Waals surface area contributed by atoms with Gasteiger partial charge < -0.3 is 14.7 Å². The van der Waals surface area contributed by atoms with Gasteiger partial charge >= 0.3 is 5.97 Å². The zero-order chi connectivity index (χ0) is 14.6. The summed E-state index contributed by atoms with van der Waals surface area (Å²) in [6.45, 7) is 5.68. The number of hydrogen-bond donors (Lipinski definition) is 1. The molecule has 0 spiro atoms. The number of rotatable bonds is 5. The van der Waals surface area contributed by atoms with Gasteiger partial charge in [0.05, 0.1) is 12.0 Å². The topological polar surface area (TPSA) is 75.5 Å². The minimum atomic E-state index is -0.719. The first kappa shape index (κ1) is 14.6. The molecule has 20 heavy (non-hydrogen) atoms. The van der Waals surface area contributed by atoms with Crippen molar-refractivity contribution in [1.29, 1.82) is 0 Å². The predicted molar refractivity (Wildman–Crippen MR) is 75.0 cm³/mol. The Bertz CT molecular complexity index is 480. The molecule has 1 N–H and O–H groups in total. The number of ether oxygens (including phenoxy) is 1. The van der Waals surface area contributed by atoms with E-state index in [1.807, 2.05) is 18.7 Å². The van der Waals surface area contributed by atoms with Crippen LogP contribution < -0.4 is 9.64 Å². The minimum absolute atomic E-state index is 0.488. The maximum absolute atomic E-state index is 11.6. The molecule has 0 aromatic carbocycles. The van der Waals surface area contributed by atoms with Crippen molar-refractivity contribution in [2.75, 3.05) is 24.6 Å². The Morgan fingerprint density at radius 2 is 2.30 bits per heavy atom. The van der Waals surface area contributed by atoms with Gasteiger partial charge in [0, 0.05) is 19.2 Å². The lowest BCUT2D eigenvalue weighted by Gasteiger charge is -2.39. The third-order valence-corrected chi connectivity index (χ3v) is 3.95. The molecule has 1 fully saturated rings. The third kappa shape index (κ3) is 2.84. The number of nitrogens with zero attached hydrogens (tertiary/aromatic N) is 3. The Balaban J connectivity index is 2.20. The smallest absolute Gasteiger partial charge is 0.311 e. The lowest BCUT2D eigenvalue weighted by molar-refractivity contribution is -0.149. The molecule has 0 aliphatic carbocycles. The second-order valence-corrected chi connectivity index (χ2v) is 5.11. The van der Waals surface area contributed by atoms with Gasteiger partial charge in [-0.3, -0.25) is 4.79 Å². The average Bonchev–Trinajstić information content (AvgIpc) is 2.48. The molecule has 1 aromatic heterocycles. The summed E-state index contributed by atoms with van der Waals surface area (Å²) in [6.07, 6.45) is 3.67. The summed E-state index contributed by atoms with van der Waals surface area (Å²) in [5.41, 5.74) is -0.672. The van der Waals surface area contributed by atoms with Crippen LogP contribution in [0.15, 0.2) is 12.4 Å². The Kier molecular flexibility index (Phi) is 4.42. The van der Waals surface area contributed by atoms with Crippen LogP contribution in [0.3, 0.4) is 0 Å². The van der Waals surface area contributed by atoms with Gasteiger partial charge in [0.15, 0.2) is 0 Å². The van der Waals surface area contributed by atoms with Crippen molar-refractivity contribution >= 4 is 11.8 Å². The van der Waals surface area contributed by atoms with Crippen molar-refractivity contribution in [1.82, 2.24) is 9.97 Å². The highest BCUT2D eigenvalue weighted by Gasteiger charge is 2.41. The maximum Gasteiger partial charge on any atom is 0.311 e. The summed E-state index contributed by atoms with van der Waals surface area (Å²) >= 11 is 0. The van der Waals surface area contributed by atoms with Gasteiger partial charge in [-0.05, 0) is 26.2 Å². The monoisotopic (exact) mass is 279 g/mol. The number of aliphatic carboxylic acids is 1. The fraction of sp³-hybridized carbons (Fsp3) is 0.643. The van der Waals surface area contributed by atoms with Gasteiger partial charge in [-0.1, -0.05) is 6.92 Å². The average molecular weight is 279 g/mol. The third-order valence-electron chi connectivity index (χ3n) is 3.95. The zero-order valence-corrected chi connectivity index (χ0v) is 12.0. The Hall–Kier alpha value is -1.85. The summed E-state index contributed by atoms with van der Waals surface area (Å²) in [4.78, 5) is 21.9. The Labute approximate surface area is 118 Å². The molecule has 0 saturated carbocycles. The van der Waals surface area contributed by atoms with E-state index in [1.54, 1.807) is 6.07 Å². The molecule has 6 nitrogen and oxygen atoms in total. The van der Waals surface area contributed by atoms with Crippen molar-refractivity contribution in [3.63, 3.8) is 0 Å². The molecule has 1 aliphatic heterocycles. The summed E-state index contributed by atoms with van der Waals surface area (Å²) in [7, 11) is 0. The molecule has 0 radical (unpaired) electrons. The summed E-state index contributed by atoms with van der Waals surface area (Å²) < 4.78 is 5.37. The first-order valence-electron chi connectivity index (χ1n) is 7.04. The van der Waals surface area contributed by atoms with E-state index in [-0.39, 0.29) is 0 Å². The van der Waals surface area contributed by atoms with Gasteiger partial charge in [0.25, 0.3) is 0 Å². The van der Waals surface area contributed by atoms with E-state index in [2.05, 4.69) is 9.97 Å². The maximum atomic E-state index is 11.6. The van der Waals surface area contributed by atoms with Crippen molar-refractivity contribution in [2.24, 2.45) is 5.41 Å². The van der Waals surface area contributed by atoms with Crippen LogP contribution in [0.4, 0.5) is 5.82 Å². The van der Waals surface area contributed by atoms with Gasteiger partial charge in [0.2, 0.25) is 5.88 Å². The van der Waals surface area contributed by atoms with Crippen LogP contribution in [-0.2, 0) is 4.79 Å². The van der Waals surface area contributed by atoms with Crippen molar-refractivity contribution in [2.45, 2.75) is 33.1 Å². The van der Waals surface area contributed by atoms with E-state index in [0.29, 0.717) is 25.5 Å². The van der Waals surface area contributed by atoms with E-state index >= 15 is 0 Å². The first-order valence-corrected chi connectivity index (χ1v) is 7.04. The van der Waals surface area contributed by atoms with Crippen molar-refractivity contribution < 1.29 is 14.6 Å². The van der Waals surface area contributed by atoms with Crippen molar-refractivity contribution in [3.8, 4) is 5.88 Å². The normalized spacial score (nSPS) is 22.6. The molecule has 6 heteroatoms. The molecule has 2 rings (SSSR count). The SMILES string of the molecule is CCOc1cc(N2CCCC(CC)(C(=O)O)C2)ncn1. The van der Waals surface area contributed by atoms with Gasteiger partial charge in [-0.25, -0.2) is 9.97 Å². The van der Waals surface area contributed by atoms with Crippen LogP contribution in [0.2, 0.25) is 0 Å². The van der Waals surface area contributed by atoms with Crippen molar-refractivity contribution in [3.05, 3.63) is 12.4 Å². The highest BCUT2D eigenvalue weighted by molar-refractivity contribution is 5.76. The van der Waals surface area contributed by atoms with Gasteiger partial charge in [0.1, 0.15) is 12.1 Å². The van der Waals surface area contributed by atoms with Crippen LogP contribution in [0, 0.1) is 5.41 Å². The van der Waals surface area contributed by atoms with E-state index in [1.165, 1.54) is 6.33 Å². The second-order valence-electron chi connectivity index (χ2n) is 5.11. The molecule has 1 unspecified atom stereocenters. The lowest BCUT2D eigenvalue weighted by Crippen LogP contribution is -2.47. The lowest BCUT2D eigenvalue weighted by atomic mass is 9.77. The number of aromatic nitrogens is 2. The molecular formula is C14H21N3O3. The van der Waals surface area contributed by atoms with Crippen LogP contribution in [0.5, 0.6) is 5.88 Å². The fourth-order valence-corrected chi connectivity index (χ4v) is 2.67. The minimum Gasteiger partial charge on any atom is -0.481 e. The highest BCUT2D eigenvalue weighted by Crippen LogP contribution is 2.35. The van der Waals surface area contributed by atoms with E-state index in [4.69, 9.17) is 4.74 Å². The summed E-state index contributed by atoms with van der Waals surface area (Å²) in [5.74, 6) is 0.548.